The highest BCUT2D eigenvalue weighted by Gasteiger charge is 2.22. The summed E-state index contributed by atoms with van der Waals surface area (Å²) in [6.45, 7) is 12.4. The molecule has 402 valence electrons. The first-order chi connectivity index (χ1) is 36.5. The SMILES string of the molecule is CCCCCCOc1ccc(COc2cc(C(=O)OCc3ccc4c(c3)OCCOCCOCCOCCO4)cc(OCc3ccc(OCCCCCC)cc3)c2OCc2ccc(OCCCCCC)cc2)cc1. The molecule has 74 heavy (non-hydrogen) atoms. The third-order valence-corrected chi connectivity index (χ3v) is 12.1. The van der Waals surface area contributed by atoms with Crippen molar-refractivity contribution in [3.05, 3.63) is 131 Å². The van der Waals surface area contributed by atoms with E-state index < -0.39 is 5.97 Å². The Morgan fingerprint density at radius 1 is 0.392 bits per heavy atom. The van der Waals surface area contributed by atoms with Crippen molar-refractivity contribution in [1.82, 2.24) is 0 Å². The summed E-state index contributed by atoms with van der Waals surface area (Å²) in [5.41, 5.74) is 3.64. The maximum atomic E-state index is 14.2. The number of fused-ring (bicyclic) bond motifs is 1. The predicted octanol–water partition coefficient (Wildman–Crippen LogP) is 13.5. The molecule has 0 aliphatic carbocycles. The second-order valence-corrected chi connectivity index (χ2v) is 18.2. The Hall–Kier alpha value is -6.15. The Morgan fingerprint density at radius 3 is 1.22 bits per heavy atom. The second-order valence-electron chi connectivity index (χ2n) is 18.2. The van der Waals surface area contributed by atoms with Gasteiger partial charge in [-0.1, -0.05) is 121 Å². The van der Waals surface area contributed by atoms with Crippen LogP contribution in [0.3, 0.4) is 0 Å². The van der Waals surface area contributed by atoms with Crippen LogP contribution in [0.2, 0.25) is 0 Å². The fourth-order valence-corrected chi connectivity index (χ4v) is 7.80. The van der Waals surface area contributed by atoms with Crippen LogP contribution in [0.5, 0.6) is 46.0 Å². The number of benzene rings is 5. The van der Waals surface area contributed by atoms with Crippen LogP contribution in [0.25, 0.3) is 0 Å². The molecular formula is C61H80O13. The molecule has 0 radical (unpaired) electrons. The number of esters is 1. The zero-order valence-corrected chi connectivity index (χ0v) is 44.2. The number of unbranched alkanes of at least 4 members (excludes halogenated alkanes) is 9. The van der Waals surface area contributed by atoms with E-state index in [-0.39, 0.29) is 32.0 Å². The molecule has 0 saturated carbocycles. The smallest absolute Gasteiger partial charge is 0.338 e. The Labute approximate surface area is 439 Å². The molecule has 6 rings (SSSR count). The number of hydrogen-bond acceptors (Lipinski definition) is 13. The minimum atomic E-state index is -0.585. The van der Waals surface area contributed by atoms with E-state index in [0.29, 0.717) is 107 Å². The zero-order chi connectivity index (χ0) is 51.7. The molecule has 0 atom stereocenters. The van der Waals surface area contributed by atoms with Gasteiger partial charge in [0.25, 0.3) is 0 Å². The van der Waals surface area contributed by atoms with Crippen molar-refractivity contribution >= 4 is 5.97 Å². The molecule has 0 aromatic heterocycles. The van der Waals surface area contributed by atoms with Gasteiger partial charge in [-0.25, -0.2) is 4.79 Å². The first-order valence-corrected chi connectivity index (χ1v) is 27.0. The van der Waals surface area contributed by atoms with E-state index in [1.54, 1.807) is 18.2 Å². The second kappa shape index (κ2) is 34.4. The van der Waals surface area contributed by atoms with Crippen LogP contribution >= 0.6 is 0 Å². The van der Waals surface area contributed by atoms with E-state index in [0.717, 1.165) is 72.5 Å². The van der Waals surface area contributed by atoms with Crippen molar-refractivity contribution < 1.29 is 61.6 Å². The Morgan fingerprint density at radius 2 is 0.784 bits per heavy atom. The maximum absolute atomic E-state index is 14.2. The molecule has 0 N–H and O–H groups in total. The molecule has 13 heteroatoms. The first kappa shape index (κ1) is 57.1. The number of carbonyl (C=O) groups is 1. The lowest BCUT2D eigenvalue weighted by Crippen LogP contribution is -2.13. The van der Waals surface area contributed by atoms with Crippen molar-refractivity contribution in [1.29, 1.82) is 0 Å². The molecule has 0 bridgehead atoms. The summed E-state index contributed by atoms with van der Waals surface area (Å²) in [4.78, 5) is 14.2. The van der Waals surface area contributed by atoms with E-state index in [2.05, 4.69) is 20.8 Å². The summed E-state index contributed by atoms with van der Waals surface area (Å²) in [7, 11) is 0. The molecular weight excluding hydrogens is 941 g/mol. The van der Waals surface area contributed by atoms with Gasteiger partial charge in [0.05, 0.1) is 65.0 Å². The lowest BCUT2D eigenvalue weighted by molar-refractivity contribution is 0.00708. The minimum absolute atomic E-state index is 0.0461. The van der Waals surface area contributed by atoms with E-state index in [1.165, 1.54) is 38.5 Å². The lowest BCUT2D eigenvalue weighted by atomic mass is 10.1. The molecule has 5 aromatic rings. The normalized spacial score (nSPS) is 13.2. The van der Waals surface area contributed by atoms with Crippen LogP contribution in [0.4, 0.5) is 0 Å². The van der Waals surface area contributed by atoms with Crippen LogP contribution in [0.15, 0.2) is 103 Å². The van der Waals surface area contributed by atoms with Gasteiger partial charge in [-0.15, -0.1) is 0 Å². The van der Waals surface area contributed by atoms with Crippen LogP contribution in [0.1, 0.15) is 130 Å². The van der Waals surface area contributed by atoms with Gasteiger partial charge in [0.1, 0.15) is 56.9 Å². The highest BCUT2D eigenvalue weighted by molar-refractivity contribution is 5.91. The number of rotatable bonds is 30. The van der Waals surface area contributed by atoms with Crippen molar-refractivity contribution in [2.75, 3.05) is 72.7 Å². The van der Waals surface area contributed by atoms with Gasteiger partial charge in [-0.05, 0) is 102 Å². The molecule has 0 unspecified atom stereocenters. The molecule has 0 fully saturated rings. The maximum Gasteiger partial charge on any atom is 0.338 e. The van der Waals surface area contributed by atoms with Crippen molar-refractivity contribution in [3.8, 4) is 46.0 Å². The summed E-state index contributed by atoms with van der Waals surface area (Å²) in [6.07, 6.45) is 13.6. The van der Waals surface area contributed by atoms with Crippen LogP contribution in [-0.4, -0.2) is 78.6 Å². The van der Waals surface area contributed by atoms with Gasteiger partial charge in [0.15, 0.2) is 23.0 Å². The van der Waals surface area contributed by atoms with Crippen molar-refractivity contribution in [2.24, 2.45) is 0 Å². The standard InChI is InChI=1S/C61H80O13/c1-4-7-10-13-30-66-53-23-16-48(17-24-53)44-71-58-42-52(61(62)74-47-51-22-29-56-57(41-51)70-40-38-65-36-34-63-33-35-64-37-39-69-56)43-59(72-45-49-18-25-54(26-19-49)67-31-14-11-8-5-2)60(58)73-46-50-20-27-55(28-21-50)68-32-15-12-9-6-3/h16-29,41-43H,4-15,30-40,44-47H2,1-3H3. The highest BCUT2D eigenvalue weighted by atomic mass is 16.6. The van der Waals surface area contributed by atoms with Crippen molar-refractivity contribution in [3.63, 3.8) is 0 Å². The van der Waals surface area contributed by atoms with Gasteiger partial charge >= 0.3 is 5.97 Å². The largest absolute Gasteiger partial charge is 0.494 e. The van der Waals surface area contributed by atoms with E-state index in [4.69, 9.17) is 56.8 Å². The molecule has 13 nitrogen and oxygen atoms in total. The van der Waals surface area contributed by atoms with Crippen molar-refractivity contribution in [2.45, 2.75) is 124 Å². The summed E-state index contributed by atoms with van der Waals surface area (Å²) < 4.78 is 72.8. The average Bonchev–Trinajstić information content (AvgIpc) is 3.44. The van der Waals surface area contributed by atoms with E-state index in [9.17, 15) is 4.79 Å². The average molecular weight is 1020 g/mol. The molecule has 1 heterocycles. The Bertz CT molecular complexity index is 2220. The molecule has 0 saturated heterocycles. The summed E-state index contributed by atoms with van der Waals surface area (Å²) >= 11 is 0. The quantitative estimate of drug-likeness (QED) is 0.0320. The monoisotopic (exact) mass is 1020 g/mol. The van der Waals surface area contributed by atoms with E-state index in [1.807, 2.05) is 84.9 Å². The van der Waals surface area contributed by atoms with Gasteiger partial charge in [0.2, 0.25) is 5.75 Å². The third-order valence-electron chi connectivity index (χ3n) is 12.1. The Balaban J connectivity index is 1.23. The third kappa shape index (κ3) is 21.4. The van der Waals surface area contributed by atoms with Gasteiger partial charge in [-0.2, -0.15) is 0 Å². The van der Waals surface area contributed by atoms with Crippen LogP contribution in [0, 0.1) is 0 Å². The lowest BCUT2D eigenvalue weighted by Gasteiger charge is -2.19. The zero-order valence-electron chi connectivity index (χ0n) is 44.2. The highest BCUT2D eigenvalue weighted by Crippen LogP contribution is 2.41. The fourth-order valence-electron chi connectivity index (χ4n) is 7.80. The number of hydrogen-bond donors (Lipinski definition) is 0. The number of carbonyl (C=O) groups excluding carboxylic acids is 1. The molecule has 0 amide bonds. The summed E-state index contributed by atoms with van der Waals surface area (Å²) in [6, 6.07) is 32.4. The minimum Gasteiger partial charge on any atom is -0.494 e. The fraction of sp³-hybridized carbons (Fsp3) is 0.492. The summed E-state index contributed by atoms with van der Waals surface area (Å²) in [5, 5.41) is 0. The molecule has 5 aromatic carbocycles. The van der Waals surface area contributed by atoms with Gasteiger partial charge in [-0.3, -0.25) is 0 Å². The Kier molecular flexibility index (Phi) is 26.5. The number of ether oxygens (including phenoxy) is 12. The van der Waals surface area contributed by atoms with Gasteiger partial charge < -0.3 is 56.8 Å². The topological polar surface area (TPSA) is 128 Å². The van der Waals surface area contributed by atoms with Gasteiger partial charge in [0, 0.05) is 0 Å². The molecule has 1 aliphatic heterocycles. The molecule has 1 aliphatic rings. The van der Waals surface area contributed by atoms with Crippen LogP contribution in [-0.2, 0) is 45.4 Å². The summed E-state index contributed by atoms with van der Waals surface area (Å²) in [5.74, 6) is 3.85. The first-order valence-electron chi connectivity index (χ1n) is 27.0. The predicted molar refractivity (Wildman–Crippen MR) is 287 cm³/mol. The molecule has 0 spiro atoms. The van der Waals surface area contributed by atoms with Crippen LogP contribution < -0.4 is 37.9 Å². The van der Waals surface area contributed by atoms with E-state index >= 15 is 0 Å².